The molecule has 3 aromatic rings. The fraction of sp³-hybridized carbons (Fsp3) is 0.429. The van der Waals surface area contributed by atoms with Crippen LogP contribution in [0.2, 0.25) is 0 Å². The molecular formula is C28H33FO. The topological polar surface area (TPSA) is 9.23 Å². The minimum absolute atomic E-state index is 0.140. The molecule has 0 aromatic heterocycles. The first-order valence-corrected chi connectivity index (χ1v) is 11.5. The van der Waals surface area contributed by atoms with Gasteiger partial charge in [0.05, 0.1) is 7.11 Å². The van der Waals surface area contributed by atoms with Crippen molar-refractivity contribution in [2.45, 2.75) is 58.3 Å². The van der Waals surface area contributed by atoms with Gasteiger partial charge in [0.15, 0.2) is 0 Å². The lowest BCUT2D eigenvalue weighted by atomic mass is 9.78. The van der Waals surface area contributed by atoms with Gasteiger partial charge in [-0.25, -0.2) is 4.39 Å². The zero-order chi connectivity index (χ0) is 20.9. The molecule has 1 aliphatic carbocycles. The normalized spacial score (nSPS) is 19.2. The molecule has 1 saturated carbocycles. The highest BCUT2D eigenvalue weighted by atomic mass is 19.1. The van der Waals surface area contributed by atoms with Crippen molar-refractivity contribution in [1.82, 2.24) is 0 Å². The molecule has 0 N–H and O–H groups in total. The van der Waals surface area contributed by atoms with Crippen molar-refractivity contribution < 1.29 is 9.13 Å². The van der Waals surface area contributed by atoms with Crippen LogP contribution >= 0.6 is 0 Å². The molecule has 0 unspecified atom stereocenters. The van der Waals surface area contributed by atoms with E-state index in [-0.39, 0.29) is 5.82 Å². The largest absolute Gasteiger partial charge is 0.497 e. The number of rotatable bonds is 7. The fourth-order valence-electron chi connectivity index (χ4n) is 5.08. The van der Waals surface area contributed by atoms with Crippen LogP contribution in [0.5, 0.6) is 5.75 Å². The van der Waals surface area contributed by atoms with Gasteiger partial charge >= 0.3 is 0 Å². The minimum Gasteiger partial charge on any atom is -0.497 e. The van der Waals surface area contributed by atoms with Crippen molar-refractivity contribution in [3.8, 4) is 16.9 Å². The number of ether oxygens (including phenoxy) is 1. The van der Waals surface area contributed by atoms with E-state index in [0.717, 1.165) is 35.0 Å². The van der Waals surface area contributed by atoms with E-state index in [9.17, 15) is 0 Å². The number of aryl methyl sites for hydroxylation is 1. The third-order valence-corrected chi connectivity index (χ3v) is 6.92. The lowest BCUT2D eigenvalue weighted by Crippen LogP contribution is -2.15. The fourth-order valence-corrected chi connectivity index (χ4v) is 5.08. The Bertz CT molecular complexity index is 968. The minimum atomic E-state index is -0.140. The van der Waals surface area contributed by atoms with Gasteiger partial charge in [-0.15, -0.1) is 0 Å². The maximum Gasteiger partial charge on any atom is 0.138 e. The monoisotopic (exact) mass is 404 g/mol. The lowest BCUT2D eigenvalue weighted by Gasteiger charge is -2.28. The van der Waals surface area contributed by atoms with Gasteiger partial charge < -0.3 is 4.74 Å². The van der Waals surface area contributed by atoms with Crippen molar-refractivity contribution in [3.05, 3.63) is 66.0 Å². The molecule has 3 aromatic carbocycles. The van der Waals surface area contributed by atoms with E-state index < -0.39 is 0 Å². The van der Waals surface area contributed by atoms with Crippen LogP contribution in [-0.2, 0) is 6.42 Å². The SMILES string of the molecule is CCCC1CCC(CCc2ccc3c(F)c(-c4ccc(OC)cc4)ccc3c2)CC1. The van der Waals surface area contributed by atoms with E-state index in [2.05, 4.69) is 25.1 Å². The molecule has 1 nitrogen and oxygen atoms in total. The average molecular weight is 405 g/mol. The Kier molecular flexibility index (Phi) is 6.72. The van der Waals surface area contributed by atoms with Crippen molar-refractivity contribution >= 4 is 10.8 Å². The summed E-state index contributed by atoms with van der Waals surface area (Å²) in [5.74, 6) is 2.47. The number of hydrogen-bond donors (Lipinski definition) is 0. The van der Waals surface area contributed by atoms with Crippen molar-refractivity contribution in [2.75, 3.05) is 7.11 Å². The maximum absolute atomic E-state index is 15.2. The summed E-state index contributed by atoms with van der Waals surface area (Å²) in [5.41, 5.74) is 2.84. The summed E-state index contributed by atoms with van der Waals surface area (Å²) < 4.78 is 20.4. The van der Waals surface area contributed by atoms with Crippen LogP contribution in [0.4, 0.5) is 4.39 Å². The van der Waals surface area contributed by atoms with Crippen LogP contribution < -0.4 is 4.74 Å². The molecule has 1 aliphatic rings. The molecule has 0 heterocycles. The number of benzene rings is 3. The number of fused-ring (bicyclic) bond motifs is 1. The Morgan fingerprint density at radius 1 is 0.867 bits per heavy atom. The standard InChI is InChI=1S/C28H33FO/c1-3-4-20-5-7-21(8-6-20)9-10-22-11-17-27-24(19-22)14-18-26(28(27)29)23-12-15-25(30-2)16-13-23/h11-21H,3-10H2,1-2H3. The van der Waals surface area contributed by atoms with Gasteiger partial charge in [-0.1, -0.05) is 87.9 Å². The number of methoxy groups -OCH3 is 1. The molecule has 158 valence electrons. The van der Waals surface area contributed by atoms with Gasteiger partial charge in [0.2, 0.25) is 0 Å². The Morgan fingerprint density at radius 2 is 1.57 bits per heavy atom. The van der Waals surface area contributed by atoms with Gasteiger partial charge in [-0.3, -0.25) is 0 Å². The smallest absolute Gasteiger partial charge is 0.138 e. The predicted octanol–water partition coefficient (Wildman–Crippen LogP) is 8.19. The molecule has 1 fully saturated rings. The number of hydrogen-bond acceptors (Lipinski definition) is 1. The molecule has 0 amide bonds. The first-order chi connectivity index (χ1) is 14.7. The summed E-state index contributed by atoms with van der Waals surface area (Å²) >= 11 is 0. The zero-order valence-corrected chi connectivity index (χ0v) is 18.3. The Morgan fingerprint density at radius 3 is 2.23 bits per heavy atom. The quantitative estimate of drug-likeness (QED) is 0.385. The molecule has 0 radical (unpaired) electrons. The van der Waals surface area contributed by atoms with Crippen LogP contribution in [0.1, 0.15) is 57.4 Å². The summed E-state index contributed by atoms with van der Waals surface area (Å²) in [7, 11) is 1.64. The van der Waals surface area contributed by atoms with E-state index in [0.29, 0.717) is 10.9 Å². The second-order valence-corrected chi connectivity index (χ2v) is 8.93. The summed E-state index contributed by atoms with van der Waals surface area (Å²) in [6.07, 6.45) is 10.7. The van der Waals surface area contributed by atoms with Gasteiger partial charge in [0, 0.05) is 10.9 Å². The molecule has 0 bridgehead atoms. The molecule has 30 heavy (non-hydrogen) atoms. The summed E-state index contributed by atoms with van der Waals surface area (Å²) in [6, 6.07) is 17.8. The van der Waals surface area contributed by atoms with E-state index in [4.69, 9.17) is 4.74 Å². The van der Waals surface area contributed by atoms with E-state index in [1.54, 1.807) is 7.11 Å². The molecule has 0 spiro atoms. The molecule has 0 aliphatic heterocycles. The van der Waals surface area contributed by atoms with Crippen molar-refractivity contribution in [2.24, 2.45) is 11.8 Å². The van der Waals surface area contributed by atoms with E-state index in [1.165, 1.54) is 50.5 Å². The second kappa shape index (κ2) is 9.64. The number of halogens is 1. The van der Waals surface area contributed by atoms with Crippen LogP contribution in [0.25, 0.3) is 21.9 Å². The highest BCUT2D eigenvalue weighted by Crippen LogP contribution is 2.35. The van der Waals surface area contributed by atoms with Gasteiger partial charge in [-0.2, -0.15) is 0 Å². The van der Waals surface area contributed by atoms with Crippen molar-refractivity contribution in [1.29, 1.82) is 0 Å². The molecule has 0 saturated heterocycles. The van der Waals surface area contributed by atoms with Crippen molar-refractivity contribution in [3.63, 3.8) is 0 Å². The summed E-state index contributed by atoms with van der Waals surface area (Å²) in [4.78, 5) is 0. The Hall–Kier alpha value is -2.35. The van der Waals surface area contributed by atoms with Crippen LogP contribution in [0.3, 0.4) is 0 Å². The second-order valence-electron chi connectivity index (χ2n) is 8.93. The van der Waals surface area contributed by atoms with Crippen LogP contribution in [-0.4, -0.2) is 7.11 Å². The van der Waals surface area contributed by atoms with Gasteiger partial charge in [0.1, 0.15) is 11.6 Å². The predicted molar refractivity (Wildman–Crippen MR) is 125 cm³/mol. The van der Waals surface area contributed by atoms with Gasteiger partial charge in [-0.05, 0) is 53.3 Å². The maximum atomic E-state index is 15.2. The third-order valence-electron chi connectivity index (χ3n) is 6.92. The molecule has 4 rings (SSSR count). The molecule has 0 atom stereocenters. The van der Waals surface area contributed by atoms with Crippen LogP contribution in [0.15, 0.2) is 54.6 Å². The highest BCUT2D eigenvalue weighted by molar-refractivity contribution is 5.88. The Balaban J connectivity index is 1.44. The van der Waals surface area contributed by atoms with Gasteiger partial charge in [0.25, 0.3) is 0 Å². The summed E-state index contributed by atoms with van der Waals surface area (Å²) in [6.45, 7) is 2.30. The first kappa shape index (κ1) is 20.9. The average Bonchev–Trinajstić information content (AvgIpc) is 2.79. The first-order valence-electron chi connectivity index (χ1n) is 11.5. The summed E-state index contributed by atoms with van der Waals surface area (Å²) in [5, 5.41) is 1.70. The molecule has 2 heteroatoms. The Labute approximate surface area is 180 Å². The van der Waals surface area contributed by atoms with E-state index in [1.807, 2.05) is 36.4 Å². The van der Waals surface area contributed by atoms with E-state index >= 15 is 4.39 Å². The molecular weight excluding hydrogens is 371 g/mol. The lowest BCUT2D eigenvalue weighted by molar-refractivity contribution is 0.252. The third kappa shape index (κ3) is 4.69. The zero-order valence-electron chi connectivity index (χ0n) is 18.3. The van der Waals surface area contributed by atoms with Crippen LogP contribution in [0, 0.1) is 17.7 Å². The highest BCUT2D eigenvalue weighted by Gasteiger charge is 2.20.